The van der Waals surface area contributed by atoms with Crippen LogP contribution in [0.5, 0.6) is 0 Å². The number of aliphatic hydroxyl groups is 1. The highest BCUT2D eigenvalue weighted by Crippen LogP contribution is 2.20. The van der Waals surface area contributed by atoms with Crippen molar-refractivity contribution < 1.29 is 18.4 Å². The van der Waals surface area contributed by atoms with E-state index in [0.717, 1.165) is 0 Å². The Kier molecular flexibility index (Phi) is 6.34. The van der Waals surface area contributed by atoms with E-state index in [0.29, 0.717) is 30.0 Å². The molecule has 2 aromatic rings. The highest BCUT2D eigenvalue weighted by molar-refractivity contribution is 7.92. The summed E-state index contributed by atoms with van der Waals surface area (Å²) in [5, 5.41) is 12.7. The van der Waals surface area contributed by atoms with E-state index in [1.54, 1.807) is 43.3 Å². The SMILES string of the molecule is C/C(=N\OCCCO)c1ccccc1NS(=O)(=O)c1cc[c]cc1. The van der Waals surface area contributed by atoms with E-state index in [-0.39, 0.29) is 11.5 Å². The summed E-state index contributed by atoms with van der Waals surface area (Å²) >= 11 is 0. The van der Waals surface area contributed by atoms with E-state index in [4.69, 9.17) is 9.94 Å². The molecule has 0 aliphatic carbocycles. The molecule has 0 amide bonds. The van der Waals surface area contributed by atoms with E-state index in [1.807, 2.05) is 0 Å². The van der Waals surface area contributed by atoms with Crippen molar-refractivity contribution in [3.8, 4) is 0 Å². The lowest BCUT2D eigenvalue weighted by atomic mass is 10.1. The standard InChI is InChI=1S/C17H19N2O4S/c1-14(18-23-13-7-12-20)16-10-5-6-11-17(16)19-24(21,22)15-8-3-2-4-9-15/h3-6,8-11,19-20H,7,12-13H2,1H3/b18-14+. The Morgan fingerprint density at radius 2 is 1.96 bits per heavy atom. The van der Waals surface area contributed by atoms with Gasteiger partial charge in [0.1, 0.15) is 6.61 Å². The van der Waals surface area contributed by atoms with E-state index in [1.165, 1.54) is 12.1 Å². The lowest BCUT2D eigenvalue weighted by Gasteiger charge is -2.12. The lowest BCUT2D eigenvalue weighted by Crippen LogP contribution is -2.15. The Balaban J connectivity index is 2.23. The van der Waals surface area contributed by atoms with Gasteiger partial charge in [0, 0.05) is 18.6 Å². The first kappa shape index (κ1) is 18.0. The second-order valence-electron chi connectivity index (χ2n) is 4.97. The predicted octanol–water partition coefficient (Wildman–Crippen LogP) is 2.41. The molecule has 0 spiro atoms. The molecule has 0 heterocycles. The van der Waals surface area contributed by atoms with E-state index in [9.17, 15) is 8.42 Å². The molecule has 1 radical (unpaired) electrons. The number of oxime groups is 1. The molecule has 0 aromatic heterocycles. The van der Waals surface area contributed by atoms with Gasteiger partial charge in [0.05, 0.1) is 16.3 Å². The van der Waals surface area contributed by atoms with Crippen molar-refractivity contribution in [2.75, 3.05) is 17.9 Å². The van der Waals surface area contributed by atoms with Crippen LogP contribution < -0.4 is 4.72 Å². The first-order valence-electron chi connectivity index (χ1n) is 7.40. The van der Waals surface area contributed by atoms with Gasteiger partial charge in [0.15, 0.2) is 0 Å². The lowest BCUT2D eigenvalue weighted by molar-refractivity contribution is 0.124. The van der Waals surface area contributed by atoms with Gasteiger partial charge in [-0.15, -0.1) is 0 Å². The van der Waals surface area contributed by atoms with Gasteiger partial charge in [-0.1, -0.05) is 35.5 Å². The quantitative estimate of drug-likeness (QED) is 0.436. The number of sulfonamides is 1. The molecule has 7 heteroatoms. The molecule has 0 unspecified atom stereocenters. The first-order valence-corrected chi connectivity index (χ1v) is 8.88. The van der Waals surface area contributed by atoms with Gasteiger partial charge in [0.2, 0.25) is 0 Å². The molecule has 24 heavy (non-hydrogen) atoms. The van der Waals surface area contributed by atoms with Crippen molar-refractivity contribution in [2.45, 2.75) is 18.2 Å². The third-order valence-electron chi connectivity index (χ3n) is 3.15. The van der Waals surface area contributed by atoms with Crippen molar-refractivity contribution in [1.29, 1.82) is 0 Å². The van der Waals surface area contributed by atoms with Crippen molar-refractivity contribution in [2.24, 2.45) is 5.16 Å². The van der Waals surface area contributed by atoms with Crippen LogP contribution in [0.15, 0.2) is 58.6 Å². The minimum absolute atomic E-state index is 0.0272. The maximum atomic E-state index is 12.5. The molecule has 0 bridgehead atoms. The predicted molar refractivity (Wildman–Crippen MR) is 92.4 cm³/mol. The van der Waals surface area contributed by atoms with Crippen molar-refractivity contribution >= 4 is 21.4 Å². The normalized spacial score (nSPS) is 12.0. The molecule has 2 aromatic carbocycles. The number of hydrogen-bond donors (Lipinski definition) is 2. The summed E-state index contributed by atoms with van der Waals surface area (Å²) in [7, 11) is -3.70. The highest BCUT2D eigenvalue weighted by Gasteiger charge is 2.16. The smallest absolute Gasteiger partial charge is 0.261 e. The number of aliphatic hydroxyl groups excluding tert-OH is 1. The Morgan fingerprint density at radius 3 is 2.67 bits per heavy atom. The van der Waals surface area contributed by atoms with Crippen LogP contribution in [0.1, 0.15) is 18.9 Å². The van der Waals surface area contributed by atoms with Crippen molar-refractivity contribution in [3.63, 3.8) is 0 Å². The first-order chi connectivity index (χ1) is 11.5. The van der Waals surface area contributed by atoms with Gasteiger partial charge in [-0.25, -0.2) is 8.42 Å². The number of anilines is 1. The number of rotatable bonds is 8. The maximum absolute atomic E-state index is 12.5. The fourth-order valence-electron chi connectivity index (χ4n) is 1.96. The van der Waals surface area contributed by atoms with Gasteiger partial charge in [-0.2, -0.15) is 0 Å². The van der Waals surface area contributed by atoms with Gasteiger partial charge in [-0.3, -0.25) is 4.72 Å². The van der Waals surface area contributed by atoms with Gasteiger partial charge in [-0.05, 0) is 31.2 Å². The molecule has 0 atom stereocenters. The Labute approximate surface area is 141 Å². The average molecular weight is 347 g/mol. The minimum Gasteiger partial charge on any atom is -0.396 e. The molecule has 0 fully saturated rings. The molecular weight excluding hydrogens is 328 g/mol. The van der Waals surface area contributed by atoms with Crippen molar-refractivity contribution in [1.82, 2.24) is 0 Å². The molecule has 6 nitrogen and oxygen atoms in total. The minimum atomic E-state index is -3.70. The maximum Gasteiger partial charge on any atom is 0.261 e. The second kappa shape index (κ2) is 8.47. The fourth-order valence-corrected chi connectivity index (χ4v) is 3.04. The molecule has 0 saturated heterocycles. The molecule has 2 N–H and O–H groups in total. The largest absolute Gasteiger partial charge is 0.396 e. The summed E-state index contributed by atoms with van der Waals surface area (Å²) in [6.45, 7) is 2.05. The summed E-state index contributed by atoms with van der Waals surface area (Å²) in [5.41, 5.74) is 1.57. The summed E-state index contributed by atoms with van der Waals surface area (Å²) in [6, 6.07) is 15.8. The summed E-state index contributed by atoms with van der Waals surface area (Å²) in [6.07, 6.45) is 0.482. The van der Waals surface area contributed by atoms with Crippen LogP contribution in [0.4, 0.5) is 5.69 Å². The third-order valence-corrected chi connectivity index (χ3v) is 4.54. The zero-order valence-corrected chi connectivity index (χ0v) is 14.1. The van der Waals surface area contributed by atoms with Crippen molar-refractivity contribution in [3.05, 3.63) is 60.2 Å². The van der Waals surface area contributed by atoms with E-state index in [2.05, 4.69) is 15.9 Å². The third kappa shape index (κ3) is 4.81. The van der Waals surface area contributed by atoms with Crippen LogP contribution in [-0.4, -0.2) is 32.4 Å². The number of para-hydroxylation sites is 1. The zero-order valence-electron chi connectivity index (χ0n) is 13.3. The van der Waals surface area contributed by atoms with Crippen LogP contribution in [0.25, 0.3) is 0 Å². The van der Waals surface area contributed by atoms with Crippen LogP contribution >= 0.6 is 0 Å². The van der Waals surface area contributed by atoms with Gasteiger partial charge < -0.3 is 9.94 Å². The molecular formula is C17H19N2O4S. The fraction of sp³-hybridized carbons (Fsp3) is 0.235. The number of nitrogens with one attached hydrogen (secondary N) is 1. The monoisotopic (exact) mass is 347 g/mol. The zero-order chi connectivity index (χ0) is 17.4. The van der Waals surface area contributed by atoms with Gasteiger partial charge in [0.25, 0.3) is 10.0 Å². The van der Waals surface area contributed by atoms with Crippen LogP contribution in [-0.2, 0) is 14.9 Å². The Morgan fingerprint density at radius 1 is 1.25 bits per heavy atom. The number of benzene rings is 2. The highest BCUT2D eigenvalue weighted by atomic mass is 32.2. The molecule has 0 saturated carbocycles. The van der Waals surface area contributed by atoms with Gasteiger partial charge >= 0.3 is 0 Å². The average Bonchev–Trinajstić information content (AvgIpc) is 2.59. The topological polar surface area (TPSA) is 88.0 Å². The van der Waals surface area contributed by atoms with Crippen LogP contribution in [0.3, 0.4) is 0 Å². The van der Waals surface area contributed by atoms with E-state index < -0.39 is 10.0 Å². The number of nitrogens with zero attached hydrogens (tertiary/aromatic N) is 1. The summed E-state index contributed by atoms with van der Waals surface area (Å²) in [4.78, 5) is 5.26. The number of hydrogen-bond acceptors (Lipinski definition) is 5. The molecule has 2 rings (SSSR count). The van der Waals surface area contributed by atoms with Crippen LogP contribution in [0.2, 0.25) is 0 Å². The summed E-state index contributed by atoms with van der Waals surface area (Å²) in [5.74, 6) is 0. The molecule has 127 valence electrons. The Bertz CT molecular complexity index is 789. The van der Waals surface area contributed by atoms with E-state index >= 15 is 0 Å². The molecule has 0 aliphatic rings. The second-order valence-corrected chi connectivity index (χ2v) is 6.66. The Hall–Kier alpha value is -2.38. The molecule has 0 aliphatic heterocycles. The van der Waals surface area contributed by atoms with Crippen LogP contribution in [0, 0.1) is 6.07 Å². The summed E-state index contributed by atoms with van der Waals surface area (Å²) < 4.78 is 27.5.